The van der Waals surface area contributed by atoms with Gasteiger partial charge in [-0.05, 0) is 24.6 Å². The molecule has 0 aliphatic carbocycles. The van der Waals surface area contributed by atoms with E-state index in [9.17, 15) is 23.5 Å². The SMILES string of the molecule is CO[C@H](COP(=O)(O)CP(=O)(O)O)[C@@H](O)[C@H](F)n1ncc2c(N[C@@H](C)c3ccccc3F)nc(Cl)nc21. The summed E-state index contributed by atoms with van der Waals surface area (Å²) in [5, 5.41) is 17.3. The monoisotopic (exact) mass is 585 g/mol. The lowest BCUT2D eigenvalue weighted by Crippen LogP contribution is -2.38. The molecule has 5 atom stereocenters. The van der Waals surface area contributed by atoms with Gasteiger partial charge in [0, 0.05) is 12.7 Å². The van der Waals surface area contributed by atoms with Gasteiger partial charge in [0.1, 0.15) is 23.8 Å². The molecule has 204 valence electrons. The molecule has 3 aromatic rings. The molecule has 0 aliphatic rings. The quantitative estimate of drug-likeness (QED) is 0.155. The number of nitrogens with zero attached hydrogens (tertiary/aromatic N) is 4. The van der Waals surface area contributed by atoms with Crippen molar-refractivity contribution in [1.29, 1.82) is 0 Å². The molecule has 5 N–H and O–H groups in total. The van der Waals surface area contributed by atoms with E-state index < -0.39 is 58.1 Å². The van der Waals surface area contributed by atoms with Crippen LogP contribution in [0.1, 0.15) is 24.8 Å². The van der Waals surface area contributed by atoms with Gasteiger partial charge < -0.3 is 34.4 Å². The molecular formula is C19H24ClF2N5O8P2. The number of methoxy groups -OCH3 is 1. The van der Waals surface area contributed by atoms with Crippen molar-refractivity contribution in [2.24, 2.45) is 0 Å². The third-order valence-corrected chi connectivity index (χ3v) is 8.78. The Hall–Kier alpha value is -2.06. The molecule has 1 aromatic carbocycles. The van der Waals surface area contributed by atoms with E-state index in [1.807, 2.05) is 0 Å². The number of aromatic nitrogens is 4. The van der Waals surface area contributed by atoms with E-state index in [0.29, 0.717) is 10.2 Å². The largest absolute Gasteiger partial charge is 0.385 e. The van der Waals surface area contributed by atoms with Gasteiger partial charge in [-0.2, -0.15) is 15.1 Å². The second kappa shape index (κ2) is 11.8. The lowest BCUT2D eigenvalue weighted by atomic mass is 10.1. The predicted molar refractivity (Wildman–Crippen MR) is 128 cm³/mol. The second-order valence-corrected chi connectivity index (χ2v) is 12.3. The van der Waals surface area contributed by atoms with Gasteiger partial charge >= 0.3 is 15.2 Å². The number of aliphatic hydroxyl groups is 1. The zero-order valence-corrected chi connectivity index (χ0v) is 21.9. The molecule has 1 unspecified atom stereocenters. The van der Waals surface area contributed by atoms with Crippen LogP contribution in [0.3, 0.4) is 0 Å². The van der Waals surface area contributed by atoms with Crippen molar-refractivity contribution >= 4 is 43.6 Å². The maximum Gasteiger partial charge on any atom is 0.340 e. The van der Waals surface area contributed by atoms with Crippen molar-refractivity contribution in [3.63, 3.8) is 0 Å². The minimum absolute atomic E-state index is 0.115. The second-order valence-electron chi connectivity index (χ2n) is 7.93. The Labute approximate surface area is 214 Å². The molecule has 0 saturated heterocycles. The number of nitrogens with one attached hydrogen (secondary N) is 1. The summed E-state index contributed by atoms with van der Waals surface area (Å²) < 4.78 is 62.6. The molecule has 13 nitrogen and oxygen atoms in total. The average molecular weight is 586 g/mol. The molecule has 0 spiro atoms. The predicted octanol–water partition coefficient (Wildman–Crippen LogP) is 2.97. The van der Waals surface area contributed by atoms with Crippen LogP contribution in [0.2, 0.25) is 5.28 Å². The van der Waals surface area contributed by atoms with E-state index >= 15 is 4.39 Å². The minimum atomic E-state index is -4.89. The maximum atomic E-state index is 15.3. The number of ether oxygens (including phenoxy) is 1. The summed E-state index contributed by atoms with van der Waals surface area (Å²) in [6, 6.07) is 5.48. The highest BCUT2D eigenvalue weighted by Crippen LogP contribution is 2.55. The Bertz CT molecular complexity index is 1350. The van der Waals surface area contributed by atoms with Gasteiger partial charge in [-0.3, -0.25) is 9.13 Å². The molecule has 0 radical (unpaired) electrons. The van der Waals surface area contributed by atoms with Crippen LogP contribution < -0.4 is 5.32 Å². The van der Waals surface area contributed by atoms with Crippen LogP contribution >= 0.6 is 26.8 Å². The van der Waals surface area contributed by atoms with Gasteiger partial charge in [0.2, 0.25) is 11.6 Å². The zero-order chi connectivity index (χ0) is 27.5. The average Bonchev–Trinajstić information content (AvgIpc) is 3.21. The number of halogens is 3. The Morgan fingerprint density at radius 1 is 1.22 bits per heavy atom. The van der Waals surface area contributed by atoms with Gasteiger partial charge in [0.15, 0.2) is 11.6 Å². The maximum absolute atomic E-state index is 15.3. The van der Waals surface area contributed by atoms with Crippen LogP contribution in [0.15, 0.2) is 30.5 Å². The zero-order valence-electron chi connectivity index (χ0n) is 19.3. The molecule has 2 aromatic heterocycles. The van der Waals surface area contributed by atoms with Crippen molar-refractivity contribution in [3.05, 3.63) is 47.1 Å². The van der Waals surface area contributed by atoms with Crippen LogP contribution in [0, 0.1) is 5.82 Å². The summed E-state index contributed by atoms with van der Waals surface area (Å²) in [4.78, 5) is 35.4. The van der Waals surface area contributed by atoms with Crippen molar-refractivity contribution < 1.29 is 47.0 Å². The molecule has 0 aliphatic heterocycles. The van der Waals surface area contributed by atoms with Crippen molar-refractivity contribution in [2.75, 3.05) is 24.9 Å². The lowest BCUT2D eigenvalue weighted by Gasteiger charge is -2.25. The summed E-state index contributed by atoms with van der Waals surface area (Å²) in [5.41, 5.74) is 0.194. The number of anilines is 1. The third kappa shape index (κ3) is 7.50. The molecule has 37 heavy (non-hydrogen) atoms. The third-order valence-electron chi connectivity index (χ3n) is 5.15. The van der Waals surface area contributed by atoms with Gasteiger partial charge in [-0.15, -0.1) is 0 Å². The fourth-order valence-electron chi connectivity index (χ4n) is 3.39. The van der Waals surface area contributed by atoms with Gasteiger partial charge in [-0.25, -0.2) is 13.5 Å². The minimum Gasteiger partial charge on any atom is -0.385 e. The number of aliphatic hydroxyl groups excluding tert-OH is 1. The molecule has 18 heteroatoms. The lowest BCUT2D eigenvalue weighted by molar-refractivity contribution is -0.0890. The first kappa shape index (κ1) is 29.5. The van der Waals surface area contributed by atoms with Gasteiger partial charge in [0.05, 0.1) is 24.2 Å². The Balaban J connectivity index is 1.83. The van der Waals surface area contributed by atoms with Crippen molar-refractivity contribution in [3.8, 4) is 0 Å². The molecule has 0 amide bonds. The number of alkyl halides is 1. The number of fused-ring (bicyclic) bond motifs is 1. The van der Waals surface area contributed by atoms with Gasteiger partial charge in [-0.1, -0.05) is 18.2 Å². The summed E-state index contributed by atoms with van der Waals surface area (Å²) >= 11 is 6.01. The highest BCUT2D eigenvalue weighted by Gasteiger charge is 2.36. The van der Waals surface area contributed by atoms with Crippen molar-refractivity contribution in [2.45, 2.75) is 31.5 Å². The molecule has 0 bridgehead atoms. The van der Waals surface area contributed by atoms with E-state index in [0.717, 1.165) is 7.11 Å². The number of hydrogen-bond donors (Lipinski definition) is 5. The number of benzene rings is 1. The van der Waals surface area contributed by atoms with E-state index in [4.69, 9.17) is 26.1 Å². The van der Waals surface area contributed by atoms with Crippen LogP contribution in [0.25, 0.3) is 11.0 Å². The van der Waals surface area contributed by atoms with E-state index in [-0.39, 0.29) is 22.1 Å². The van der Waals surface area contributed by atoms with E-state index in [2.05, 4.69) is 24.9 Å². The summed E-state index contributed by atoms with van der Waals surface area (Å²) in [7, 11) is -8.61. The van der Waals surface area contributed by atoms with E-state index in [1.54, 1.807) is 19.1 Å². The van der Waals surface area contributed by atoms with Gasteiger partial charge in [0.25, 0.3) is 0 Å². The van der Waals surface area contributed by atoms with Crippen LogP contribution in [0.5, 0.6) is 0 Å². The Morgan fingerprint density at radius 2 is 1.89 bits per heavy atom. The molecular weight excluding hydrogens is 562 g/mol. The first-order valence-electron chi connectivity index (χ1n) is 10.5. The molecule has 0 fully saturated rings. The number of rotatable bonds is 12. The molecule has 3 rings (SSSR count). The van der Waals surface area contributed by atoms with Crippen LogP contribution in [0.4, 0.5) is 14.6 Å². The van der Waals surface area contributed by atoms with Crippen molar-refractivity contribution in [1.82, 2.24) is 19.7 Å². The highest BCUT2D eigenvalue weighted by molar-refractivity contribution is 7.70. The first-order valence-corrected chi connectivity index (χ1v) is 14.4. The van der Waals surface area contributed by atoms with Crippen LogP contribution in [-0.2, 0) is 18.4 Å². The highest BCUT2D eigenvalue weighted by atomic mass is 35.5. The Kier molecular flexibility index (Phi) is 9.38. The fourth-order valence-corrected chi connectivity index (χ4v) is 6.12. The summed E-state index contributed by atoms with van der Waals surface area (Å²) in [6.07, 6.45) is -4.73. The molecule has 2 heterocycles. The van der Waals surface area contributed by atoms with E-state index in [1.165, 1.54) is 18.3 Å². The normalized spacial score (nSPS) is 17.2. The Morgan fingerprint density at radius 3 is 2.51 bits per heavy atom. The molecule has 0 saturated carbocycles. The summed E-state index contributed by atoms with van der Waals surface area (Å²) in [6.45, 7) is 0.787. The first-order chi connectivity index (χ1) is 17.2. The fraction of sp³-hybridized carbons (Fsp3) is 0.421. The topological polar surface area (TPSA) is 189 Å². The standard InChI is InChI=1S/C19H24ClF2N5O8P2/c1-10(11-5-3-4-6-13(11)21)24-17-12-7-23-27(18(12)26-19(20)25-17)16(22)15(28)14(34-2)8-35-37(32,33)9-36(29,30)31/h3-7,10,14-16,28H,8-9H2,1-2H3,(H,32,33)(H,24,25,26)(H2,29,30,31)/t10-,14+,15+,16+/m0/s1. The smallest absolute Gasteiger partial charge is 0.340 e. The van der Waals surface area contributed by atoms with Crippen LogP contribution in [-0.4, -0.2) is 71.4 Å². The summed E-state index contributed by atoms with van der Waals surface area (Å²) in [5.74, 6) is -1.81. The number of hydrogen-bond acceptors (Lipinski definition) is 9.